The van der Waals surface area contributed by atoms with Crippen molar-refractivity contribution in [2.75, 3.05) is 0 Å². The van der Waals surface area contributed by atoms with Crippen LogP contribution in [-0.2, 0) is 6.42 Å². The molecule has 18 heavy (non-hydrogen) atoms. The molecule has 2 rings (SSSR count). The molecule has 0 amide bonds. The van der Waals surface area contributed by atoms with E-state index >= 15 is 0 Å². The lowest BCUT2D eigenvalue weighted by Gasteiger charge is -2.08. The van der Waals surface area contributed by atoms with Gasteiger partial charge in [0.2, 0.25) is 0 Å². The first-order valence-electron chi connectivity index (χ1n) is 5.58. The van der Waals surface area contributed by atoms with E-state index in [0.717, 1.165) is 11.3 Å². The Morgan fingerprint density at radius 3 is 2.83 bits per heavy atom. The number of hydrogen-bond donors (Lipinski definition) is 1. The van der Waals surface area contributed by atoms with E-state index in [0.29, 0.717) is 21.4 Å². The minimum Gasteiger partial charge on any atom is -0.306 e. The van der Waals surface area contributed by atoms with Crippen LogP contribution >= 0.6 is 22.6 Å². The van der Waals surface area contributed by atoms with E-state index in [1.807, 2.05) is 36.4 Å². The van der Waals surface area contributed by atoms with E-state index < -0.39 is 0 Å². The van der Waals surface area contributed by atoms with E-state index in [4.69, 9.17) is 0 Å². The summed E-state index contributed by atoms with van der Waals surface area (Å²) in [5, 5.41) is 0. The number of aromatic nitrogens is 2. The van der Waals surface area contributed by atoms with Gasteiger partial charge in [-0.05, 0) is 53.6 Å². The standard InChI is InChI=1S/C13H12FIN2O/c1-3-10-11(15)13(18)17-12(16-10)9-6-8(14)5-4-7(9)2/h4-6H,3H2,1-2H3,(H,16,17,18). The minimum absolute atomic E-state index is 0.180. The third-order valence-electron chi connectivity index (χ3n) is 2.72. The minimum atomic E-state index is -0.338. The van der Waals surface area contributed by atoms with Crippen molar-refractivity contribution in [3.63, 3.8) is 0 Å². The molecule has 0 radical (unpaired) electrons. The summed E-state index contributed by atoms with van der Waals surface area (Å²) in [7, 11) is 0. The van der Waals surface area contributed by atoms with Crippen LogP contribution in [0.1, 0.15) is 18.2 Å². The number of nitrogens with one attached hydrogen (secondary N) is 1. The molecule has 0 fully saturated rings. The maximum absolute atomic E-state index is 13.3. The number of aromatic amines is 1. The van der Waals surface area contributed by atoms with E-state index in [2.05, 4.69) is 9.97 Å². The molecule has 0 spiro atoms. The second-order valence-electron chi connectivity index (χ2n) is 3.99. The number of nitrogens with zero attached hydrogens (tertiary/aromatic N) is 1. The summed E-state index contributed by atoms with van der Waals surface area (Å²) in [4.78, 5) is 18.9. The highest BCUT2D eigenvalue weighted by atomic mass is 127. The van der Waals surface area contributed by atoms with Crippen LogP contribution in [0.4, 0.5) is 4.39 Å². The van der Waals surface area contributed by atoms with E-state index in [9.17, 15) is 9.18 Å². The van der Waals surface area contributed by atoms with Crippen molar-refractivity contribution in [1.82, 2.24) is 9.97 Å². The topological polar surface area (TPSA) is 45.8 Å². The molecule has 0 saturated heterocycles. The highest BCUT2D eigenvalue weighted by Gasteiger charge is 2.11. The highest BCUT2D eigenvalue weighted by molar-refractivity contribution is 14.1. The first-order chi connectivity index (χ1) is 8.52. The molecule has 1 heterocycles. The molecule has 0 aliphatic carbocycles. The molecule has 0 unspecified atom stereocenters. The Kier molecular flexibility index (Phi) is 3.79. The van der Waals surface area contributed by atoms with Crippen LogP contribution in [0.15, 0.2) is 23.0 Å². The van der Waals surface area contributed by atoms with Gasteiger partial charge in [0.05, 0.1) is 9.26 Å². The zero-order chi connectivity index (χ0) is 13.3. The van der Waals surface area contributed by atoms with Gasteiger partial charge in [-0.15, -0.1) is 0 Å². The first-order valence-corrected chi connectivity index (χ1v) is 6.66. The fourth-order valence-electron chi connectivity index (χ4n) is 1.72. The Labute approximate surface area is 118 Å². The number of aryl methyl sites for hydroxylation is 2. The molecule has 0 bridgehead atoms. The van der Waals surface area contributed by atoms with Gasteiger partial charge in [-0.1, -0.05) is 13.0 Å². The van der Waals surface area contributed by atoms with Gasteiger partial charge in [0.1, 0.15) is 11.6 Å². The van der Waals surface area contributed by atoms with Crippen LogP contribution in [0.3, 0.4) is 0 Å². The second kappa shape index (κ2) is 5.17. The maximum Gasteiger partial charge on any atom is 0.264 e. The molecule has 0 aliphatic heterocycles. The van der Waals surface area contributed by atoms with Gasteiger partial charge >= 0.3 is 0 Å². The lowest BCUT2D eigenvalue weighted by Crippen LogP contribution is -2.16. The van der Waals surface area contributed by atoms with Crippen molar-refractivity contribution in [2.45, 2.75) is 20.3 Å². The van der Waals surface area contributed by atoms with Crippen LogP contribution < -0.4 is 5.56 Å². The molecule has 0 atom stereocenters. The fourth-order valence-corrected chi connectivity index (χ4v) is 2.35. The summed E-state index contributed by atoms with van der Waals surface area (Å²) < 4.78 is 13.9. The van der Waals surface area contributed by atoms with Crippen molar-refractivity contribution in [2.24, 2.45) is 0 Å². The second-order valence-corrected chi connectivity index (χ2v) is 5.07. The Morgan fingerprint density at radius 2 is 2.17 bits per heavy atom. The SMILES string of the molecule is CCc1nc(-c2cc(F)ccc2C)[nH]c(=O)c1I. The lowest BCUT2D eigenvalue weighted by molar-refractivity contribution is 0.627. The molecule has 1 N–H and O–H groups in total. The van der Waals surface area contributed by atoms with Gasteiger partial charge in [0, 0.05) is 5.56 Å². The number of halogens is 2. The number of benzene rings is 1. The van der Waals surface area contributed by atoms with Crippen molar-refractivity contribution < 1.29 is 4.39 Å². The Hall–Kier alpha value is -1.24. The fraction of sp³-hybridized carbons (Fsp3) is 0.231. The van der Waals surface area contributed by atoms with Gasteiger partial charge in [-0.2, -0.15) is 0 Å². The summed E-state index contributed by atoms with van der Waals surface area (Å²) in [5.41, 5.74) is 2.06. The molecule has 94 valence electrons. The molecule has 0 saturated carbocycles. The third-order valence-corrected chi connectivity index (χ3v) is 3.83. The van der Waals surface area contributed by atoms with Crippen LogP contribution in [-0.4, -0.2) is 9.97 Å². The van der Waals surface area contributed by atoms with Gasteiger partial charge in [-0.3, -0.25) is 4.79 Å². The molecule has 2 aromatic rings. The third kappa shape index (κ3) is 2.45. The molecule has 0 aliphatic rings. The zero-order valence-electron chi connectivity index (χ0n) is 10.1. The molecule has 3 nitrogen and oxygen atoms in total. The molecule has 1 aromatic heterocycles. The molecular weight excluding hydrogens is 346 g/mol. The van der Waals surface area contributed by atoms with Crippen LogP contribution in [0.2, 0.25) is 0 Å². The van der Waals surface area contributed by atoms with Crippen LogP contribution in [0.5, 0.6) is 0 Å². The lowest BCUT2D eigenvalue weighted by atomic mass is 10.1. The van der Waals surface area contributed by atoms with Gasteiger partial charge < -0.3 is 4.98 Å². The normalized spacial score (nSPS) is 10.7. The van der Waals surface area contributed by atoms with E-state index in [1.165, 1.54) is 12.1 Å². The van der Waals surface area contributed by atoms with E-state index in [1.54, 1.807) is 6.07 Å². The number of hydrogen-bond acceptors (Lipinski definition) is 2. The molecule has 5 heteroatoms. The average molecular weight is 358 g/mol. The smallest absolute Gasteiger partial charge is 0.264 e. The maximum atomic E-state index is 13.3. The quantitative estimate of drug-likeness (QED) is 0.839. The highest BCUT2D eigenvalue weighted by Crippen LogP contribution is 2.21. The van der Waals surface area contributed by atoms with E-state index in [-0.39, 0.29) is 11.4 Å². The van der Waals surface area contributed by atoms with Crippen LogP contribution in [0.25, 0.3) is 11.4 Å². The molecule has 1 aromatic carbocycles. The summed E-state index contributed by atoms with van der Waals surface area (Å²) in [6.45, 7) is 3.80. The summed E-state index contributed by atoms with van der Waals surface area (Å²) in [6, 6.07) is 4.46. The van der Waals surface area contributed by atoms with Gasteiger partial charge in [-0.25, -0.2) is 9.37 Å². The van der Waals surface area contributed by atoms with Crippen molar-refractivity contribution in [3.8, 4) is 11.4 Å². The summed E-state index contributed by atoms with van der Waals surface area (Å²) >= 11 is 1.98. The van der Waals surface area contributed by atoms with Crippen LogP contribution in [0, 0.1) is 16.3 Å². The van der Waals surface area contributed by atoms with Gasteiger partial charge in [0.15, 0.2) is 0 Å². The van der Waals surface area contributed by atoms with Crippen molar-refractivity contribution >= 4 is 22.6 Å². The summed E-state index contributed by atoms with van der Waals surface area (Å²) in [6.07, 6.45) is 0.670. The predicted octanol–water partition coefficient (Wildman–Crippen LogP) is 3.05. The number of H-pyrrole nitrogens is 1. The predicted molar refractivity (Wildman–Crippen MR) is 77.1 cm³/mol. The zero-order valence-corrected chi connectivity index (χ0v) is 12.2. The number of rotatable bonds is 2. The monoisotopic (exact) mass is 358 g/mol. The average Bonchev–Trinajstić information content (AvgIpc) is 2.35. The van der Waals surface area contributed by atoms with Crippen molar-refractivity contribution in [3.05, 3.63) is 49.2 Å². The first kappa shape index (κ1) is 13.2. The van der Waals surface area contributed by atoms with Gasteiger partial charge in [0.25, 0.3) is 5.56 Å². The summed E-state index contributed by atoms with van der Waals surface area (Å²) in [5.74, 6) is 0.0871. The largest absolute Gasteiger partial charge is 0.306 e. The van der Waals surface area contributed by atoms with Crippen molar-refractivity contribution in [1.29, 1.82) is 0 Å². The Balaban J connectivity index is 2.68. The Bertz CT molecular complexity index is 652. The molecular formula is C13H12FIN2O. The Morgan fingerprint density at radius 1 is 1.44 bits per heavy atom.